The van der Waals surface area contributed by atoms with Crippen LogP contribution in [0.25, 0.3) is 5.65 Å². The Morgan fingerprint density at radius 1 is 1.29 bits per heavy atom. The molecule has 0 fully saturated rings. The minimum atomic E-state index is -1.05. The number of aromatic nitrogens is 3. The Balaban J connectivity index is 0.00000341. The summed E-state index contributed by atoms with van der Waals surface area (Å²) in [5.41, 5.74) is 6.53. The Morgan fingerprint density at radius 2 is 2.00 bits per heavy atom. The normalized spacial score (nSPS) is 12.3. The molecule has 0 radical (unpaired) electrons. The van der Waals surface area contributed by atoms with Crippen molar-refractivity contribution >= 4 is 27.5 Å². The van der Waals surface area contributed by atoms with Crippen LogP contribution in [0.1, 0.15) is 45.6 Å². The summed E-state index contributed by atoms with van der Waals surface area (Å²) >= 11 is 3.49. The Bertz CT molecular complexity index is 1000. The number of carbonyl (C=O) groups excluding carboxylic acids is 1. The minimum absolute atomic E-state index is 0. The molecule has 0 aliphatic rings. The van der Waals surface area contributed by atoms with Crippen molar-refractivity contribution in [2.24, 2.45) is 5.73 Å². The van der Waals surface area contributed by atoms with E-state index in [2.05, 4.69) is 31.4 Å². The summed E-state index contributed by atoms with van der Waals surface area (Å²) in [6, 6.07) is 11.1. The van der Waals surface area contributed by atoms with Gasteiger partial charge in [-0.2, -0.15) is 0 Å². The van der Waals surface area contributed by atoms with Crippen molar-refractivity contribution in [3.8, 4) is 5.75 Å². The molecule has 0 saturated carbocycles. The number of pyridine rings is 1. The van der Waals surface area contributed by atoms with Gasteiger partial charge in [0.25, 0.3) is 0 Å². The van der Waals surface area contributed by atoms with Gasteiger partial charge >= 0.3 is 0 Å². The Labute approximate surface area is 191 Å². The number of amides is 1. The maximum atomic E-state index is 12.6. The Hall–Kier alpha value is -2.49. The number of nitrogens with zero attached hydrogens (tertiary/aromatic N) is 3. The number of carbonyl (C=O) groups is 1. The molecule has 0 unspecified atom stereocenters. The summed E-state index contributed by atoms with van der Waals surface area (Å²) in [6.07, 6.45) is 1.83. The van der Waals surface area contributed by atoms with Crippen LogP contribution < -0.4 is 15.8 Å². The van der Waals surface area contributed by atoms with Crippen molar-refractivity contribution in [3.63, 3.8) is 0 Å². The van der Waals surface area contributed by atoms with Gasteiger partial charge in [-0.25, -0.2) is 0 Å². The summed E-state index contributed by atoms with van der Waals surface area (Å²) in [5.74, 6) is 0.811. The van der Waals surface area contributed by atoms with E-state index in [0.29, 0.717) is 30.4 Å². The molecule has 31 heavy (non-hydrogen) atoms. The van der Waals surface area contributed by atoms with E-state index in [-0.39, 0.29) is 19.9 Å². The van der Waals surface area contributed by atoms with Crippen LogP contribution in [0.2, 0.25) is 0 Å². The molecule has 168 valence electrons. The van der Waals surface area contributed by atoms with Gasteiger partial charge in [-0.3, -0.25) is 9.20 Å². The highest BCUT2D eigenvalue weighted by Gasteiger charge is 2.28. The van der Waals surface area contributed by atoms with Crippen molar-refractivity contribution in [1.29, 1.82) is 0 Å². The van der Waals surface area contributed by atoms with Crippen molar-refractivity contribution in [3.05, 3.63) is 58.5 Å². The third kappa shape index (κ3) is 6.25. The molecule has 3 rings (SSSR count). The zero-order valence-corrected chi connectivity index (χ0v) is 18.8. The lowest BCUT2D eigenvalue weighted by atomic mass is 10.1. The number of benzene rings is 1. The van der Waals surface area contributed by atoms with E-state index in [1.807, 2.05) is 49.5 Å². The maximum absolute atomic E-state index is 12.6. The van der Waals surface area contributed by atoms with Crippen LogP contribution in [0.15, 0.2) is 47.1 Å². The van der Waals surface area contributed by atoms with Crippen molar-refractivity contribution in [1.82, 2.24) is 19.9 Å². The largest absolute Gasteiger partial charge is 0.490 e. The van der Waals surface area contributed by atoms with Crippen LogP contribution in [-0.4, -0.2) is 39.3 Å². The second-order valence-corrected chi connectivity index (χ2v) is 8.37. The average Bonchev–Trinajstić information content (AvgIpc) is 3.11. The summed E-state index contributed by atoms with van der Waals surface area (Å²) in [4.78, 5) is 12.6. The Kier molecular flexibility index (Phi) is 8.55. The first-order valence-electron chi connectivity index (χ1n) is 9.68. The molecule has 0 aliphatic heterocycles. The molecule has 3 N–H and O–H groups in total. The molecule has 1 atom stereocenters. The molecule has 2 aromatic heterocycles. The standard InChI is InChI=1S/C21H26BrN5O3.CH4/c1-4-30-17-10-15(22)11-27-18(25-26-19(17)27)16(24-20(28)21(2,3)23)13-29-12-14-8-6-5-7-9-14;/h5-11,16H,4,12-13,23H2,1-3H3,(H,24,28);1H4/t16-;/m1./s1. The smallest absolute Gasteiger partial charge is 0.240 e. The molecular formula is C22H30BrN5O3. The number of fused-ring (bicyclic) bond motifs is 1. The molecule has 9 heteroatoms. The van der Waals surface area contributed by atoms with Gasteiger partial charge in [0.2, 0.25) is 11.6 Å². The van der Waals surface area contributed by atoms with Crippen LogP contribution >= 0.6 is 15.9 Å². The number of hydrogen-bond donors (Lipinski definition) is 2. The molecule has 0 aliphatic carbocycles. The highest BCUT2D eigenvalue weighted by Crippen LogP contribution is 2.26. The number of nitrogens with two attached hydrogens (primary N) is 1. The minimum Gasteiger partial charge on any atom is -0.490 e. The van der Waals surface area contributed by atoms with Crippen LogP contribution in [-0.2, 0) is 16.1 Å². The van der Waals surface area contributed by atoms with E-state index in [4.69, 9.17) is 15.2 Å². The quantitative estimate of drug-likeness (QED) is 0.473. The first-order valence-corrected chi connectivity index (χ1v) is 10.5. The summed E-state index contributed by atoms with van der Waals surface area (Å²) in [7, 11) is 0. The van der Waals surface area contributed by atoms with Crippen LogP contribution in [0, 0.1) is 0 Å². The third-order valence-electron chi connectivity index (χ3n) is 4.36. The summed E-state index contributed by atoms with van der Waals surface area (Å²) < 4.78 is 14.2. The number of nitrogens with one attached hydrogen (secondary N) is 1. The van der Waals surface area contributed by atoms with E-state index in [9.17, 15) is 4.79 Å². The SMILES string of the molecule is C.CCOc1cc(Br)cn2c([C@@H](COCc3ccccc3)NC(=O)C(C)(C)N)nnc12. The van der Waals surface area contributed by atoms with Crippen LogP contribution in [0.4, 0.5) is 0 Å². The van der Waals surface area contributed by atoms with Gasteiger partial charge in [0.15, 0.2) is 11.6 Å². The summed E-state index contributed by atoms with van der Waals surface area (Å²) in [5, 5.41) is 11.5. The number of rotatable bonds is 9. The lowest BCUT2D eigenvalue weighted by Crippen LogP contribution is -2.50. The van der Waals surface area contributed by atoms with Gasteiger partial charge in [-0.1, -0.05) is 37.8 Å². The monoisotopic (exact) mass is 491 g/mol. The van der Waals surface area contributed by atoms with Crippen molar-refractivity contribution in [2.45, 2.75) is 46.4 Å². The van der Waals surface area contributed by atoms with Gasteiger partial charge in [0.1, 0.15) is 6.04 Å². The van der Waals surface area contributed by atoms with E-state index in [0.717, 1.165) is 10.0 Å². The molecule has 0 saturated heterocycles. The lowest BCUT2D eigenvalue weighted by molar-refractivity contribution is -0.126. The lowest BCUT2D eigenvalue weighted by Gasteiger charge is -2.23. The second kappa shape index (κ2) is 10.7. The molecule has 0 bridgehead atoms. The number of hydrogen-bond acceptors (Lipinski definition) is 6. The van der Waals surface area contributed by atoms with Gasteiger partial charge < -0.3 is 20.5 Å². The van der Waals surface area contributed by atoms with Crippen molar-refractivity contribution in [2.75, 3.05) is 13.2 Å². The third-order valence-corrected chi connectivity index (χ3v) is 4.80. The van der Waals surface area contributed by atoms with Crippen molar-refractivity contribution < 1.29 is 14.3 Å². The highest BCUT2D eigenvalue weighted by atomic mass is 79.9. The van der Waals surface area contributed by atoms with E-state index >= 15 is 0 Å². The fourth-order valence-electron chi connectivity index (χ4n) is 2.84. The number of ether oxygens (including phenoxy) is 2. The van der Waals surface area contributed by atoms with E-state index in [1.165, 1.54) is 0 Å². The first-order chi connectivity index (χ1) is 14.3. The van der Waals surface area contributed by atoms with E-state index < -0.39 is 11.6 Å². The van der Waals surface area contributed by atoms with Crippen LogP contribution in [0.5, 0.6) is 5.75 Å². The van der Waals surface area contributed by atoms with Gasteiger partial charge in [-0.15, -0.1) is 10.2 Å². The van der Waals surface area contributed by atoms with Gasteiger partial charge in [0.05, 0.1) is 25.4 Å². The zero-order valence-electron chi connectivity index (χ0n) is 17.3. The molecule has 8 nitrogen and oxygen atoms in total. The van der Waals surface area contributed by atoms with Gasteiger partial charge in [-0.05, 0) is 48.3 Å². The predicted octanol–water partition coefficient (Wildman–Crippen LogP) is 3.64. The molecule has 3 aromatic rings. The maximum Gasteiger partial charge on any atom is 0.240 e. The Morgan fingerprint density at radius 3 is 2.65 bits per heavy atom. The topological polar surface area (TPSA) is 104 Å². The highest BCUT2D eigenvalue weighted by molar-refractivity contribution is 9.10. The fraction of sp³-hybridized carbons (Fsp3) is 0.409. The summed E-state index contributed by atoms with van der Waals surface area (Å²) in [6.45, 7) is 6.30. The predicted molar refractivity (Wildman–Crippen MR) is 124 cm³/mol. The number of halogens is 1. The van der Waals surface area contributed by atoms with Crippen LogP contribution in [0.3, 0.4) is 0 Å². The second-order valence-electron chi connectivity index (χ2n) is 7.46. The average molecular weight is 492 g/mol. The van der Waals surface area contributed by atoms with E-state index in [1.54, 1.807) is 18.2 Å². The molecule has 1 amide bonds. The molecule has 0 spiro atoms. The molecule has 1 aromatic carbocycles. The first kappa shape index (κ1) is 24.8. The fourth-order valence-corrected chi connectivity index (χ4v) is 3.25. The molecular weight excluding hydrogens is 462 g/mol. The molecule has 2 heterocycles. The van der Waals surface area contributed by atoms with Gasteiger partial charge in [0, 0.05) is 10.7 Å². The zero-order chi connectivity index (χ0) is 21.7.